The van der Waals surface area contributed by atoms with Crippen molar-refractivity contribution in [2.75, 3.05) is 0 Å². The standard InChI is InChI=1S/C12H6O4/c13-11-7-3-5-6(4-8(7)12(14)16-11)10-2-1-9(5)15-10/h1-4,9-10H. The number of cyclic esters (lactones) is 2. The second-order valence-electron chi connectivity index (χ2n) is 4.07. The third-order valence-corrected chi connectivity index (χ3v) is 3.22. The molecule has 4 rings (SSSR count). The number of rotatable bonds is 0. The molecule has 0 aliphatic carbocycles. The molecule has 0 fully saturated rings. The van der Waals surface area contributed by atoms with Gasteiger partial charge < -0.3 is 9.47 Å². The van der Waals surface area contributed by atoms with Crippen molar-refractivity contribution in [3.63, 3.8) is 0 Å². The highest BCUT2D eigenvalue weighted by Crippen LogP contribution is 2.47. The Morgan fingerprint density at radius 1 is 0.875 bits per heavy atom. The Labute approximate surface area is 90.5 Å². The zero-order chi connectivity index (χ0) is 10.9. The summed E-state index contributed by atoms with van der Waals surface area (Å²) in [4.78, 5) is 22.8. The van der Waals surface area contributed by atoms with Gasteiger partial charge in [0, 0.05) is 0 Å². The molecule has 78 valence electrons. The molecule has 0 N–H and O–H groups in total. The third-order valence-electron chi connectivity index (χ3n) is 3.22. The van der Waals surface area contributed by atoms with Crippen molar-refractivity contribution in [1.29, 1.82) is 0 Å². The van der Waals surface area contributed by atoms with Crippen molar-refractivity contribution in [3.8, 4) is 0 Å². The average Bonchev–Trinajstić information content (AvgIpc) is 2.93. The van der Waals surface area contributed by atoms with E-state index in [9.17, 15) is 9.59 Å². The normalized spacial score (nSPS) is 28.2. The average molecular weight is 214 g/mol. The number of benzene rings is 1. The molecule has 0 amide bonds. The van der Waals surface area contributed by atoms with Gasteiger partial charge in [0.1, 0.15) is 12.2 Å². The number of hydrogen-bond donors (Lipinski definition) is 0. The maximum Gasteiger partial charge on any atom is 0.346 e. The quantitative estimate of drug-likeness (QED) is 0.374. The molecule has 2 unspecified atom stereocenters. The first kappa shape index (κ1) is 8.24. The molecule has 0 saturated heterocycles. The van der Waals surface area contributed by atoms with Crippen molar-refractivity contribution in [1.82, 2.24) is 0 Å². The van der Waals surface area contributed by atoms with Crippen LogP contribution in [0.15, 0.2) is 24.3 Å². The van der Waals surface area contributed by atoms with Crippen LogP contribution in [0.4, 0.5) is 0 Å². The first-order valence-corrected chi connectivity index (χ1v) is 5.02. The summed E-state index contributed by atoms with van der Waals surface area (Å²) in [5.74, 6) is -1.12. The summed E-state index contributed by atoms with van der Waals surface area (Å²) < 4.78 is 10.2. The van der Waals surface area contributed by atoms with Crippen molar-refractivity contribution >= 4 is 11.9 Å². The van der Waals surface area contributed by atoms with Crippen LogP contribution in [0.1, 0.15) is 44.1 Å². The molecular formula is C12H6O4. The van der Waals surface area contributed by atoms with E-state index in [-0.39, 0.29) is 12.2 Å². The van der Waals surface area contributed by atoms with Crippen LogP contribution in [-0.2, 0) is 9.47 Å². The third kappa shape index (κ3) is 0.796. The molecule has 3 aliphatic rings. The lowest BCUT2D eigenvalue weighted by Gasteiger charge is -2.07. The summed E-state index contributed by atoms with van der Waals surface area (Å²) in [7, 11) is 0. The van der Waals surface area contributed by atoms with Gasteiger partial charge in [0.2, 0.25) is 0 Å². The zero-order valence-electron chi connectivity index (χ0n) is 8.10. The van der Waals surface area contributed by atoms with Crippen LogP contribution in [0.25, 0.3) is 0 Å². The van der Waals surface area contributed by atoms with Gasteiger partial charge in [-0.1, -0.05) is 12.2 Å². The van der Waals surface area contributed by atoms with Crippen LogP contribution in [0, 0.1) is 0 Å². The fraction of sp³-hybridized carbons (Fsp3) is 0.167. The minimum Gasteiger partial charge on any atom is -0.386 e. The smallest absolute Gasteiger partial charge is 0.346 e. The van der Waals surface area contributed by atoms with E-state index in [1.165, 1.54) is 0 Å². The van der Waals surface area contributed by atoms with Crippen LogP contribution in [-0.4, -0.2) is 11.9 Å². The Kier molecular flexibility index (Phi) is 1.24. The molecule has 1 aromatic carbocycles. The summed E-state index contributed by atoms with van der Waals surface area (Å²) in [6, 6.07) is 3.43. The Bertz CT molecular complexity index is 536. The van der Waals surface area contributed by atoms with Crippen molar-refractivity contribution in [2.24, 2.45) is 0 Å². The molecule has 0 aromatic heterocycles. The first-order valence-electron chi connectivity index (χ1n) is 5.02. The molecule has 0 radical (unpaired) electrons. The number of esters is 2. The minimum atomic E-state index is -0.561. The topological polar surface area (TPSA) is 52.6 Å². The van der Waals surface area contributed by atoms with Gasteiger partial charge in [-0.25, -0.2) is 9.59 Å². The fourth-order valence-electron chi connectivity index (χ4n) is 2.46. The predicted octanol–water partition coefficient (Wildman–Crippen LogP) is 1.68. The molecule has 2 bridgehead atoms. The monoisotopic (exact) mass is 214 g/mol. The highest BCUT2D eigenvalue weighted by atomic mass is 16.6. The Morgan fingerprint density at radius 2 is 1.38 bits per heavy atom. The van der Waals surface area contributed by atoms with Gasteiger partial charge in [0.05, 0.1) is 11.1 Å². The van der Waals surface area contributed by atoms with E-state index in [1.54, 1.807) is 12.1 Å². The predicted molar refractivity (Wildman–Crippen MR) is 51.9 cm³/mol. The maximum absolute atomic E-state index is 11.4. The zero-order valence-corrected chi connectivity index (χ0v) is 8.10. The summed E-state index contributed by atoms with van der Waals surface area (Å²) in [6.07, 6.45) is 3.77. The summed E-state index contributed by atoms with van der Waals surface area (Å²) in [5, 5.41) is 0. The number of carbonyl (C=O) groups is 2. The summed E-state index contributed by atoms with van der Waals surface area (Å²) >= 11 is 0. The number of hydrogen-bond acceptors (Lipinski definition) is 4. The molecule has 0 saturated carbocycles. The number of carbonyl (C=O) groups excluding carboxylic acids is 2. The van der Waals surface area contributed by atoms with Crippen LogP contribution in [0.5, 0.6) is 0 Å². The summed E-state index contributed by atoms with van der Waals surface area (Å²) in [5.41, 5.74) is 2.65. The highest BCUT2D eigenvalue weighted by molar-refractivity contribution is 6.15. The van der Waals surface area contributed by atoms with Crippen molar-refractivity contribution < 1.29 is 19.1 Å². The Morgan fingerprint density at radius 3 is 1.88 bits per heavy atom. The van der Waals surface area contributed by atoms with Gasteiger partial charge in [-0.2, -0.15) is 0 Å². The van der Waals surface area contributed by atoms with E-state index in [2.05, 4.69) is 4.74 Å². The van der Waals surface area contributed by atoms with E-state index in [0.717, 1.165) is 11.1 Å². The van der Waals surface area contributed by atoms with Crippen molar-refractivity contribution in [2.45, 2.75) is 12.2 Å². The Hall–Kier alpha value is -1.94. The SMILES string of the molecule is O=C1OC(=O)c2cc3c(cc21)C1C=CC3O1. The second kappa shape index (κ2) is 2.41. The van der Waals surface area contributed by atoms with Gasteiger partial charge in [-0.3, -0.25) is 0 Å². The van der Waals surface area contributed by atoms with E-state index >= 15 is 0 Å². The Balaban J connectivity index is 2.01. The van der Waals surface area contributed by atoms with Crippen LogP contribution in [0.3, 0.4) is 0 Å². The van der Waals surface area contributed by atoms with E-state index in [1.807, 2.05) is 12.2 Å². The minimum absolute atomic E-state index is 0.0752. The number of fused-ring (bicyclic) bond motifs is 6. The van der Waals surface area contributed by atoms with Crippen molar-refractivity contribution in [3.05, 3.63) is 46.5 Å². The molecule has 3 heterocycles. The van der Waals surface area contributed by atoms with Crippen LogP contribution in [0.2, 0.25) is 0 Å². The highest BCUT2D eigenvalue weighted by Gasteiger charge is 2.39. The molecule has 3 aliphatic heterocycles. The lowest BCUT2D eigenvalue weighted by atomic mass is 9.92. The lowest BCUT2D eigenvalue weighted by Crippen LogP contribution is -1.99. The van der Waals surface area contributed by atoms with Crippen LogP contribution >= 0.6 is 0 Å². The largest absolute Gasteiger partial charge is 0.386 e. The molecular weight excluding hydrogens is 208 g/mol. The fourth-order valence-corrected chi connectivity index (χ4v) is 2.46. The molecule has 0 spiro atoms. The maximum atomic E-state index is 11.4. The number of ether oxygens (including phenoxy) is 2. The molecule has 4 heteroatoms. The second-order valence-corrected chi connectivity index (χ2v) is 4.07. The molecule has 1 aromatic rings. The molecule has 4 nitrogen and oxygen atoms in total. The summed E-state index contributed by atoms with van der Waals surface area (Å²) in [6.45, 7) is 0. The van der Waals surface area contributed by atoms with Crippen LogP contribution < -0.4 is 0 Å². The molecule has 16 heavy (non-hydrogen) atoms. The van der Waals surface area contributed by atoms with E-state index in [4.69, 9.17) is 4.74 Å². The van der Waals surface area contributed by atoms with Gasteiger partial charge in [-0.15, -0.1) is 0 Å². The van der Waals surface area contributed by atoms with E-state index < -0.39 is 11.9 Å². The van der Waals surface area contributed by atoms with E-state index in [0.29, 0.717) is 11.1 Å². The first-order chi connectivity index (χ1) is 7.74. The van der Waals surface area contributed by atoms with Gasteiger partial charge in [-0.05, 0) is 23.3 Å². The van der Waals surface area contributed by atoms with Gasteiger partial charge >= 0.3 is 11.9 Å². The van der Waals surface area contributed by atoms with Gasteiger partial charge in [0.15, 0.2) is 0 Å². The lowest BCUT2D eigenvalue weighted by molar-refractivity contribution is 0.0443. The molecule has 2 atom stereocenters. The van der Waals surface area contributed by atoms with Gasteiger partial charge in [0.25, 0.3) is 0 Å².